The summed E-state index contributed by atoms with van der Waals surface area (Å²) in [6.45, 7) is 15.3. The lowest BCUT2D eigenvalue weighted by atomic mass is 10.1. The van der Waals surface area contributed by atoms with Crippen LogP contribution in [-0.4, -0.2) is 30.1 Å². The summed E-state index contributed by atoms with van der Waals surface area (Å²) in [5.41, 5.74) is 0. The van der Waals surface area contributed by atoms with Gasteiger partial charge in [-0.2, -0.15) is 0 Å². The quantitative estimate of drug-likeness (QED) is 0.316. The van der Waals surface area contributed by atoms with E-state index in [1.54, 1.807) is 0 Å². The van der Waals surface area contributed by atoms with E-state index in [0.29, 0.717) is 3.92 Å². The molecule has 0 fully saturated rings. The van der Waals surface area contributed by atoms with Gasteiger partial charge in [0.2, 0.25) is 0 Å². The normalized spacial score (nSPS) is 16.6. The van der Waals surface area contributed by atoms with Gasteiger partial charge in [-0.05, 0) is 31.0 Å². The zero-order chi connectivity index (χ0) is 13.7. The minimum Gasteiger partial charge on any atom is -0.413 e. The summed E-state index contributed by atoms with van der Waals surface area (Å²) < 4.78 is 6.76. The maximum Gasteiger partial charge on any atom is 0.192 e. The van der Waals surface area contributed by atoms with Crippen molar-refractivity contribution in [2.75, 3.05) is 6.61 Å². The van der Waals surface area contributed by atoms with E-state index in [0.717, 1.165) is 12.8 Å². The molecule has 4 heteroatoms. The van der Waals surface area contributed by atoms with Gasteiger partial charge in [-0.15, -0.1) is 6.58 Å². The van der Waals surface area contributed by atoms with Gasteiger partial charge in [0.05, 0.1) is 6.10 Å². The molecule has 0 radical (unpaired) electrons. The Morgan fingerprint density at radius 2 is 1.94 bits per heavy atom. The predicted molar refractivity (Wildman–Crippen MR) is 86.4 cm³/mol. The molecule has 0 aromatic rings. The van der Waals surface area contributed by atoms with Crippen LogP contribution in [0.25, 0.3) is 0 Å². The van der Waals surface area contributed by atoms with Gasteiger partial charge in [-0.25, -0.2) is 0 Å². The monoisotopic (exact) mass is 370 g/mol. The molecule has 0 saturated carbocycles. The molecule has 0 aliphatic heterocycles. The Bertz CT molecular complexity index is 236. The maximum atomic E-state index is 9.04. The van der Waals surface area contributed by atoms with Gasteiger partial charge < -0.3 is 9.53 Å². The lowest BCUT2D eigenvalue weighted by molar-refractivity contribution is 0.169. The second kappa shape index (κ2) is 7.26. The Kier molecular flexibility index (Phi) is 7.52. The number of alkyl halides is 1. The van der Waals surface area contributed by atoms with Crippen molar-refractivity contribution in [1.82, 2.24) is 0 Å². The standard InChI is InChI=1S/C13H27IO2Si/c1-7-8-12(11(14)9-10-15)16-17(5,6)13(2,3)4/h7,11-12,15H,1,8-10H2,2-6H3/t11-,12+/m1/s1. The van der Waals surface area contributed by atoms with Crippen molar-refractivity contribution in [1.29, 1.82) is 0 Å². The predicted octanol–water partition coefficient (Wildman–Crippen LogP) is 4.14. The fourth-order valence-corrected chi connectivity index (χ4v) is 3.67. The first kappa shape index (κ1) is 17.6. The van der Waals surface area contributed by atoms with E-state index in [9.17, 15) is 0 Å². The smallest absolute Gasteiger partial charge is 0.192 e. The Morgan fingerprint density at radius 3 is 2.29 bits per heavy atom. The average molecular weight is 370 g/mol. The van der Waals surface area contributed by atoms with Crippen molar-refractivity contribution >= 4 is 30.9 Å². The molecular weight excluding hydrogens is 343 g/mol. The topological polar surface area (TPSA) is 29.5 Å². The van der Waals surface area contributed by atoms with Crippen molar-refractivity contribution < 1.29 is 9.53 Å². The van der Waals surface area contributed by atoms with Crippen LogP contribution >= 0.6 is 22.6 Å². The summed E-state index contributed by atoms with van der Waals surface area (Å²) >= 11 is 2.38. The Balaban J connectivity index is 4.69. The van der Waals surface area contributed by atoms with Crippen LogP contribution in [0.3, 0.4) is 0 Å². The number of hydrogen-bond acceptors (Lipinski definition) is 2. The van der Waals surface area contributed by atoms with E-state index in [2.05, 4.69) is 63.0 Å². The Hall–Kier alpha value is 0.607. The van der Waals surface area contributed by atoms with Crippen LogP contribution in [0.15, 0.2) is 12.7 Å². The minimum atomic E-state index is -1.73. The molecule has 0 amide bonds. The third kappa shape index (κ3) is 5.85. The van der Waals surface area contributed by atoms with Gasteiger partial charge in [-0.1, -0.05) is 49.4 Å². The minimum absolute atomic E-state index is 0.182. The van der Waals surface area contributed by atoms with Gasteiger partial charge in [0.25, 0.3) is 0 Å². The van der Waals surface area contributed by atoms with E-state index in [-0.39, 0.29) is 17.7 Å². The molecule has 1 N–H and O–H groups in total. The van der Waals surface area contributed by atoms with E-state index >= 15 is 0 Å². The van der Waals surface area contributed by atoms with E-state index in [4.69, 9.17) is 9.53 Å². The van der Waals surface area contributed by atoms with Gasteiger partial charge in [0.15, 0.2) is 8.32 Å². The first-order valence-corrected chi connectivity index (χ1v) is 10.3. The lowest BCUT2D eigenvalue weighted by Crippen LogP contribution is -2.46. The van der Waals surface area contributed by atoms with Crippen LogP contribution in [0.4, 0.5) is 0 Å². The first-order chi connectivity index (χ1) is 7.65. The summed E-state index contributed by atoms with van der Waals surface area (Å²) in [5.74, 6) is 0. The van der Waals surface area contributed by atoms with Crippen LogP contribution in [0.2, 0.25) is 18.1 Å². The third-order valence-electron chi connectivity index (χ3n) is 3.46. The highest BCUT2D eigenvalue weighted by Crippen LogP contribution is 2.38. The van der Waals surface area contributed by atoms with Crippen LogP contribution in [0.5, 0.6) is 0 Å². The van der Waals surface area contributed by atoms with Crippen molar-refractivity contribution in [2.45, 2.75) is 61.8 Å². The van der Waals surface area contributed by atoms with Crippen molar-refractivity contribution in [3.63, 3.8) is 0 Å². The first-order valence-electron chi connectivity index (χ1n) is 6.19. The molecule has 2 atom stereocenters. The Labute approximate surface area is 121 Å². The molecule has 0 rings (SSSR count). The lowest BCUT2D eigenvalue weighted by Gasteiger charge is -2.40. The third-order valence-corrected chi connectivity index (χ3v) is 9.39. The van der Waals surface area contributed by atoms with Crippen LogP contribution in [0.1, 0.15) is 33.6 Å². The van der Waals surface area contributed by atoms with Crippen LogP contribution < -0.4 is 0 Å². The number of aliphatic hydroxyl groups excluding tert-OH is 1. The second-order valence-electron chi connectivity index (χ2n) is 5.97. The van der Waals surface area contributed by atoms with Crippen LogP contribution in [-0.2, 0) is 4.43 Å². The van der Waals surface area contributed by atoms with Crippen molar-refractivity contribution in [2.24, 2.45) is 0 Å². The van der Waals surface area contributed by atoms with Crippen LogP contribution in [0, 0.1) is 0 Å². The number of halogens is 1. The fraction of sp³-hybridized carbons (Fsp3) is 0.846. The van der Waals surface area contributed by atoms with E-state index < -0.39 is 8.32 Å². The molecule has 0 aliphatic rings. The number of aliphatic hydroxyl groups is 1. The molecule has 17 heavy (non-hydrogen) atoms. The molecule has 102 valence electrons. The van der Waals surface area contributed by atoms with E-state index in [1.165, 1.54) is 0 Å². The highest BCUT2D eigenvalue weighted by Gasteiger charge is 2.39. The summed E-state index contributed by atoms with van der Waals surface area (Å²) in [6.07, 6.45) is 3.75. The summed E-state index contributed by atoms with van der Waals surface area (Å²) in [7, 11) is -1.73. The van der Waals surface area contributed by atoms with Gasteiger partial charge in [0.1, 0.15) is 0 Å². The molecule has 0 heterocycles. The molecular formula is C13H27IO2Si. The molecule has 2 nitrogen and oxygen atoms in total. The van der Waals surface area contributed by atoms with Crippen molar-refractivity contribution in [3.8, 4) is 0 Å². The molecule has 0 aromatic heterocycles. The molecule has 0 aliphatic carbocycles. The van der Waals surface area contributed by atoms with Gasteiger partial charge >= 0.3 is 0 Å². The second-order valence-corrected chi connectivity index (χ2v) is 12.3. The SMILES string of the molecule is C=CC[C@H](O[Si](C)(C)C(C)(C)C)[C@H](I)CCO. The average Bonchev–Trinajstić information content (AvgIpc) is 2.15. The molecule has 0 aromatic carbocycles. The molecule has 0 bridgehead atoms. The maximum absolute atomic E-state index is 9.04. The fourth-order valence-electron chi connectivity index (χ4n) is 1.30. The number of hydrogen-bond donors (Lipinski definition) is 1. The van der Waals surface area contributed by atoms with Gasteiger partial charge in [0, 0.05) is 10.5 Å². The summed E-state index contributed by atoms with van der Waals surface area (Å²) in [6, 6.07) is 0. The highest BCUT2D eigenvalue weighted by atomic mass is 127. The van der Waals surface area contributed by atoms with Crippen molar-refractivity contribution in [3.05, 3.63) is 12.7 Å². The van der Waals surface area contributed by atoms with E-state index in [1.807, 2.05) is 6.08 Å². The highest BCUT2D eigenvalue weighted by molar-refractivity contribution is 14.1. The Morgan fingerprint density at radius 1 is 1.41 bits per heavy atom. The molecule has 0 saturated heterocycles. The zero-order valence-electron chi connectivity index (χ0n) is 11.8. The van der Waals surface area contributed by atoms with Gasteiger partial charge in [-0.3, -0.25) is 0 Å². The molecule has 0 unspecified atom stereocenters. The summed E-state index contributed by atoms with van der Waals surface area (Å²) in [5, 5.41) is 9.26. The molecule has 0 spiro atoms. The number of rotatable bonds is 7. The largest absolute Gasteiger partial charge is 0.413 e. The summed E-state index contributed by atoms with van der Waals surface area (Å²) in [4.78, 5) is 0. The zero-order valence-corrected chi connectivity index (χ0v) is 15.0.